The molecule has 1 fully saturated rings. The monoisotopic (exact) mass is 260 g/mol. The van der Waals surface area contributed by atoms with Crippen LogP contribution in [0, 0.1) is 5.82 Å². The van der Waals surface area contributed by atoms with Gasteiger partial charge in [-0.05, 0) is 47.0 Å². The van der Waals surface area contributed by atoms with Gasteiger partial charge in [-0.2, -0.15) is 0 Å². The number of halogens is 2. The van der Waals surface area contributed by atoms with Crippen molar-refractivity contribution in [3.05, 3.63) is 28.5 Å². The van der Waals surface area contributed by atoms with Gasteiger partial charge in [0.05, 0.1) is 4.47 Å². The Labute approximate surface area is 90.0 Å². The topological polar surface area (TPSA) is 0 Å². The Balaban J connectivity index is 2.07. The van der Waals surface area contributed by atoms with Crippen molar-refractivity contribution in [2.24, 2.45) is 0 Å². The van der Waals surface area contributed by atoms with Gasteiger partial charge in [0.25, 0.3) is 0 Å². The minimum Gasteiger partial charge on any atom is -0.206 e. The molecule has 1 aliphatic carbocycles. The molecule has 0 amide bonds. The molecule has 0 aliphatic heterocycles. The normalized spacial score (nSPS) is 17.1. The van der Waals surface area contributed by atoms with E-state index in [1.54, 1.807) is 0 Å². The molecule has 70 valence electrons. The molecule has 1 aliphatic rings. The second-order valence-corrected chi connectivity index (χ2v) is 5.47. The van der Waals surface area contributed by atoms with Gasteiger partial charge < -0.3 is 0 Å². The standard InChI is InChI=1S/C10H10BrFS/c11-9-6-8(4-5-10(9)12)13-7-2-1-3-7/h4-7H,1-3H2. The van der Waals surface area contributed by atoms with Crippen LogP contribution in [-0.2, 0) is 0 Å². The van der Waals surface area contributed by atoms with Crippen LogP contribution in [0.2, 0.25) is 0 Å². The fraction of sp³-hybridized carbons (Fsp3) is 0.400. The van der Waals surface area contributed by atoms with Crippen LogP contribution in [0.5, 0.6) is 0 Å². The quantitative estimate of drug-likeness (QED) is 0.767. The summed E-state index contributed by atoms with van der Waals surface area (Å²) < 4.78 is 13.4. The zero-order valence-electron chi connectivity index (χ0n) is 7.09. The third-order valence-electron chi connectivity index (χ3n) is 2.25. The molecule has 1 aromatic rings. The number of hydrogen-bond donors (Lipinski definition) is 0. The van der Waals surface area contributed by atoms with Crippen LogP contribution in [0.3, 0.4) is 0 Å². The summed E-state index contributed by atoms with van der Waals surface area (Å²) in [6, 6.07) is 5.23. The summed E-state index contributed by atoms with van der Waals surface area (Å²) >= 11 is 5.04. The smallest absolute Gasteiger partial charge is 0.137 e. The van der Waals surface area contributed by atoms with Crippen molar-refractivity contribution >= 4 is 27.7 Å². The summed E-state index contributed by atoms with van der Waals surface area (Å²) in [5.74, 6) is -0.182. The maximum absolute atomic E-state index is 12.9. The van der Waals surface area contributed by atoms with E-state index in [-0.39, 0.29) is 5.82 Å². The Morgan fingerprint density at radius 3 is 2.69 bits per heavy atom. The molecule has 0 radical (unpaired) electrons. The van der Waals surface area contributed by atoms with E-state index < -0.39 is 0 Å². The van der Waals surface area contributed by atoms with E-state index in [4.69, 9.17) is 0 Å². The van der Waals surface area contributed by atoms with Crippen molar-refractivity contribution in [1.29, 1.82) is 0 Å². The summed E-state index contributed by atoms with van der Waals surface area (Å²) in [5, 5.41) is 0.761. The second kappa shape index (κ2) is 4.01. The number of hydrogen-bond acceptors (Lipinski definition) is 1. The van der Waals surface area contributed by atoms with E-state index >= 15 is 0 Å². The lowest BCUT2D eigenvalue weighted by molar-refractivity contribution is 0.522. The largest absolute Gasteiger partial charge is 0.206 e. The Bertz CT molecular complexity index is 310. The van der Waals surface area contributed by atoms with E-state index in [0.29, 0.717) is 4.47 Å². The molecule has 2 rings (SSSR count). The van der Waals surface area contributed by atoms with Crippen molar-refractivity contribution < 1.29 is 4.39 Å². The summed E-state index contributed by atoms with van der Waals surface area (Å²) in [7, 11) is 0. The fourth-order valence-electron chi connectivity index (χ4n) is 1.23. The first-order valence-corrected chi connectivity index (χ1v) is 6.04. The second-order valence-electron chi connectivity index (χ2n) is 3.25. The van der Waals surface area contributed by atoms with Crippen LogP contribution in [0.1, 0.15) is 19.3 Å². The molecular formula is C10H10BrFS. The van der Waals surface area contributed by atoms with Crippen LogP contribution >= 0.6 is 27.7 Å². The number of rotatable bonds is 2. The highest BCUT2D eigenvalue weighted by molar-refractivity contribution is 9.10. The van der Waals surface area contributed by atoms with E-state index in [9.17, 15) is 4.39 Å². The van der Waals surface area contributed by atoms with Crippen molar-refractivity contribution in [3.63, 3.8) is 0 Å². The third kappa shape index (κ3) is 2.26. The highest BCUT2D eigenvalue weighted by Crippen LogP contribution is 2.37. The van der Waals surface area contributed by atoms with Gasteiger partial charge in [-0.25, -0.2) is 4.39 Å². The summed E-state index contributed by atoms with van der Waals surface area (Å²) in [6.45, 7) is 0. The first-order valence-electron chi connectivity index (χ1n) is 4.37. The highest BCUT2D eigenvalue weighted by atomic mass is 79.9. The lowest BCUT2D eigenvalue weighted by atomic mass is 10.0. The molecule has 0 atom stereocenters. The molecule has 13 heavy (non-hydrogen) atoms. The molecule has 3 heteroatoms. The molecular weight excluding hydrogens is 251 g/mol. The van der Waals surface area contributed by atoms with Gasteiger partial charge in [0.15, 0.2) is 0 Å². The van der Waals surface area contributed by atoms with E-state index in [0.717, 1.165) is 10.1 Å². The molecule has 1 aromatic carbocycles. The lowest BCUT2D eigenvalue weighted by Gasteiger charge is -2.24. The van der Waals surface area contributed by atoms with Gasteiger partial charge in [-0.3, -0.25) is 0 Å². The first-order chi connectivity index (χ1) is 6.25. The minimum absolute atomic E-state index is 0.182. The van der Waals surface area contributed by atoms with Crippen molar-refractivity contribution in [3.8, 4) is 0 Å². The molecule has 0 spiro atoms. The zero-order valence-corrected chi connectivity index (χ0v) is 9.50. The third-order valence-corrected chi connectivity index (χ3v) is 4.18. The molecule has 0 nitrogen and oxygen atoms in total. The predicted octanol–water partition coefficient (Wildman–Crippen LogP) is 4.23. The van der Waals surface area contributed by atoms with E-state index in [1.807, 2.05) is 23.9 Å². The molecule has 0 N–H and O–H groups in total. The zero-order chi connectivity index (χ0) is 9.26. The molecule has 0 unspecified atom stereocenters. The van der Waals surface area contributed by atoms with Crippen molar-refractivity contribution in [2.75, 3.05) is 0 Å². The fourth-order valence-corrected chi connectivity index (χ4v) is 3.05. The Morgan fingerprint density at radius 1 is 1.38 bits per heavy atom. The van der Waals surface area contributed by atoms with Gasteiger partial charge in [-0.15, -0.1) is 11.8 Å². The van der Waals surface area contributed by atoms with Crippen LogP contribution in [0.25, 0.3) is 0 Å². The first kappa shape index (κ1) is 9.53. The van der Waals surface area contributed by atoms with Gasteiger partial charge in [0.2, 0.25) is 0 Å². The van der Waals surface area contributed by atoms with Gasteiger partial charge >= 0.3 is 0 Å². The van der Waals surface area contributed by atoms with Crippen molar-refractivity contribution in [2.45, 2.75) is 29.4 Å². The SMILES string of the molecule is Fc1ccc(SC2CCC2)cc1Br. The summed E-state index contributed by atoms with van der Waals surface area (Å²) in [6.07, 6.45) is 3.96. The number of benzene rings is 1. The van der Waals surface area contributed by atoms with E-state index in [2.05, 4.69) is 15.9 Å². The van der Waals surface area contributed by atoms with Crippen molar-refractivity contribution in [1.82, 2.24) is 0 Å². The molecule has 0 saturated heterocycles. The average molecular weight is 261 g/mol. The summed E-state index contributed by atoms with van der Waals surface area (Å²) in [4.78, 5) is 1.16. The van der Waals surface area contributed by atoms with Crippen LogP contribution in [0.15, 0.2) is 27.6 Å². The molecule has 0 aromatic heterocycles. The minimum atomic E-state index is -0.182. The van der Waals surface area contributed by atoms with Crippen LogP contribution < -0.4 is 0 Å². The van der Waals surface area contributed by atoms with Crippen LogP contribution in [-0.4, -0.2) is 5.25 Å². The maximum Gasteiger partial charge on any atom is 0.137 e. The lowest BCUT2D eigenvalue weighted by Crippen LogP contribution is -2.12. The number of thioether (sulfide) groups is 1. The Kier molecular flexibility index (Phi) is 2.94. The molecule has 1 saturated carbocycles. The Hall–Kier alpha value is -0.0200. The predicted molar refractivity (Wildman–Crippen MR) is 57.6 cm³/mol. The van der Waals surface area contributed by atoms with Gasteiger partial charge in [-0.1, -0.05) is 6.42 Å². The van der Waals surface area contributed by atoms with Gasteiger partial charge in [0.1, 0.15) is 5.82 Å². The Morgan fingerprint density at radius 2 is 2.15 bits per heavy atom. The highest BCUT2D eigenvalue weighted by Gasteiger charge is 2.18. The molecule has 0 heterocycles. The van der Waals surface area contributed by atoms with E-state index in [1.165, 1.54) is 25.3 Å². The summed E-state index contributed by atoms with van der Waals surface area (Å²) in [5.41, 5.74) is 0. The molecule has 0 bridgehead atoms. The van der Waals surface area contributed by atoms with Gasteiger partial charge in [0, 0.05) is 10.1 Å². The van der Waals surface area contributed by atoms with Crippen LogP contribution in [0.4, 0.5) is 4.39 Å². The average Bonchev–Trinajstić information content (AvgIpc) is 2.04. The maximum atomic E-state index is 12.9.